The second-order valence-corrected chi connectivity index (χ2v) is 5.69. The van der Waals surface area contributed by atoms with E-state index in [2.05, 4.69) is 0 Å². The average molecular weight is 314 g/mol. The molecule has 3 rings (SSSR count). The molecule has 0 radical (unpaired) electrons. The highest BCUT2D eigenvalue weighted by Crippen LogP contribution is 2.26. The van der Waals surface area contributed by atoms with Crippen molar-refractivity contribution in [3.05, 3.63) is 108 Å². The molecule has 3 aromatic rings. The van der Waals surface area contributed by atoms with Crippen molar-refractivity contribution in [1.82, 2.24) is 0 Å². The van der Waals surface area contributed by atoms with Crippen molar-refractivity contribution in [3.8, 4) is 0 Å². The second kappa shape index (κ2) is 7.51. The Balaban J connectivity index is 1.91. The van der Waals surface area contributed by atoms with Gasteiger partial charge in [-0.2, -0.15) is 0 Å². The standard InChI is InChI=1S/C22H18O2/c23-21(18-12-6-2-7-13-18)16-20(17-10-4-1-5-11-17)22(24)19-14-8-3-9-15-19/h1-15,20H,16H2/t20-/m0/s1. The molecule has 0 N–H and O–H groups in total. The Labute approximate surface area is 141 Å². The van der Waals surface area contributed by atoms with E-state index in [1.54, 1.807) is 24.3 Å². The first-order valence-corrected chi connectivity index (χ1v) is 7.98. The minimum Gasteiger partial charge on any atom is -0.294 e. The van der Waals surface area contributed by atoms with Gasteiger partial charge >= 0.3 is 0 Å². The summed E-state index contributed by atoms with van der Waals surface area (Å²) in [6, 6.07) is 27.8. The quantitative estimate of drug-likeness (QED) is 0.605. The third-order valence-electron chi connectivity index (χ3n) is 4.06. The summed E-state index contributed by atoms with van der Waals surface area (Å²) in [5.41, 5.74) is 2.14. The van der Waals surface area contributed by atoms with E-state index in [-0.39, 0.29) is 18.0 Å². The minimum atomic E-state index is -0.471. The number of Topliss-reactive ketones (excluding diaryl/α,β-unsaturated/α-hetero) is 2. The molecule has 0 saturated carbocycles. The summed E-state index contributed by atoms with van der Waals surface area (Å²) in [7, 11) is 0. The summed E-state index contributed by atoms with van der Waals surface area (Å²) in [5.74, 6) is -0.513. The van der Waals surface area contributed by atoms with Gasteiger partial charge in [-0.3, -0.25) is 9.59 Å². The maximum Gasteiger partial charge on any atom is 0.170 e. The van der Waals surface area contributed by atoms with Crippen molar-refractivity contribution in [1.29, 1.82) is 0 Å². The topological polar surface area (TPSA) is 34.1 Å². The van der Waals surface area contributed by atoms with Gasteiger partial charge in [-0.15, -0.1) is 0 Å². The SMILES string of the molecule is O=C(C[C@H](C(=O)c1ccccc1)c1ccccc1)c1ccccc1. The first kappa shape index (κ1) is 15.9. The van der Waals surface area contributed by atoms with Crippen molar-refractivity contribution >= 4 is 11.6 Å². The van der Waals surface area contributed by atoms with Crippen LogP contribution in [0, 0.1) is 0 Å². The van der Waals surface area contributed by atoms with Crippen LogP contribution in [0.4, 0.5) is 0 Å². The average Bonchev–Trinajstić information content (AvgIpc) is 2.67. The van der Waals surface area contributed by atoms with Crippen LogP contribution in [-0.2, 0) is 0 Å². The smallest absolute Gasteiger partial charge is 0.170 e. The van der Waals surface area contributed by atoms with Gasteiger partial charge in [-0.25, -0.2) is 0 Å². The van der Waals surface area contributed by atoms with Crippen LogP contribution in [0.1, 0.15) is 38.6 Å². The van der Waals surface area contributed by atoms with Gasteiger partial charge in [0, 0.05) is 17.5 Å². The zero-order valence-electron chi connectivity index (χ0n) is 13.3. The summed E-state index contributed by atoms with van der Waals surface area (Å²) in [4.78, 5) is 25.6. The van der Waals surface area contributed by atoms with Crippen LogP contribution in [0.25, 0.3) is 0 Å². The van der Waals surface area contributed by atoms with Gasteiger partial charge in [0.2, 0.25) is 0 Å². The number of benzene rings is 3. The summed E-state index contributed by atoms with van der Waals surface area (Å²) < 4.78 is 0. The molecule has 24 heavy (non-hydrogen) atoms. The van der Waals surface area contributed by atoms with Crippen LogP contribution in [0.15, 0.2) is 91.0 Å². The highest BCUT2D eigenvalue weighted by Gasteiger charge is 2.25. The van der Waals surface area contributed by atoms with Crippen LogP contribution in [0.3, 0.4) is 0 Å². The molecule has 0 aliphatic carbocycles. The molecule has 0 aromatic heterocycles. The van der Waals surface area contributed by atoms with E-state index in [1.807, 2.05) is 66.7 Å². The summed E-state index contributed by atoms with van der Waals surface area (Å²) in [6.45, 7) is 0. The Morgan fingerprint density at radius 3 is 1.62 bits per heavy atom. The molecule has 0 heterocycles. The summed E-state index contributed by atoms with van der Waals surface area (Å²) in [6.07, 6.45) is 0.168. The normalized spacial score (nSPS) is 11.7. The Morgan fingerprint density at radius 1 is 0.625 bits per heavy atom. The van der Waals surface area contributed by atoms with Gasteiger partial charge in [0.1, 0.15) is 0 Å². The number of hydrogen-bond donors (Lipinski definition) is 0. The van der Waals surface area contributed by atoms with Crippen LogP contribution in [-0.4, -0.2) is 11.6 Å². The molecule has 0 amide bonds. The van der Waals surface area contributed by atoms with E-state index >= 15 is 0 Å². The third kappa shape index (κ3) is 3.66. The highest BCUT2D eigenvalue weighted by atomic mass is 16.1. The van der Waals surface area contributed by atoms with Crippen LogP contribution in [0.5, 0.6) is 0 Å². The van der Waals surface area contributed by atoms with E-state index < -0.39 is 5.92 Å². The number of carbonyl (C=O) groups is 2. The molecule has 0 unspecified atom stereocenters. The molecule has 2 heteroatoms. The predicted molar refractivity (Wildman–Crippen MR) is 95.3 cm³/mol. The first-order valence-electron chi connectivity index (χ1n) is 7.98. The fraction of sp³-hybridized carbons (Fsp3) is 0.0909. The molecule has 0 spiro atoms. The van der Waals surface area contributed by atoms with Crippen LogP contribution in [0.2, 0.25) is 0 Å². The molecular formula is C22H18O2. The molecule has 2 nitrogen and oxygen atoms in total. The lowest BCUT2D eigenvalue weighted by Gasteiger charge is -2.16. The Morgan fingerprint density at radius 2 is 1.08 bits per heavy atom. The summed E-state index contributed by atoms with van der Waals surface area (Å²) >= 11 is 0. The minimum absolute atomic E-state index is 0.0197. The van der Waals surface area contributed by atoms with Crippen LogP contribution < -0.4 is 0 Å². The van der Waals surface area contributed by atoms with Crippen molar-refractivity contribution in [3.63, 3.8) is 0 Å². The largest absolute Gasteiger partial charge is 0.294 e. The molecular weight excluding hydrogens is 296 g/mol. The lowest BCUT2D eigenvalue weighted by molar-refractivity contribution is 0.0893. The Kier molecular flexibility index (Phi) is 4.97. The number of hydrogen-bond acceptors (Lipinski definition) is 2. The molecule has 118 valence electrons. The second-order valence-electron chi connectivity index (χ2n) is 5.69. The fourth-order valence-corrected chi connectivity index (χ4v) is 2.78. The molecule has 0 aliphatic rings. The predicted octanol–water partition coefficient (Wildman–Crippen LogP) is 4.93. The fourth-order valence-electron chi connectivity index (χ4n) is 2.78. The number of ketones is 2. The van der Waals surface area contributed by atoms with Gasteiger partial charge in [-0.1, -0.05) is 91.0 Å². The lowest BCUT2D eigenvalue weighted by Crippen LogP contribution is -2.17. The molecule has 0 saturated heterocycles. The van der Waals surface area contributed by atoms with E-state index in [0.29, 0.717) is 11.1 Å². The van der Waals surface area contributed by atoms with Crippen LogP contribution >= 0.6 is 0 Å². The Bertz CT molecular complexity index is 808. The van der Waals surface area contributed by atoms with Gasteiger partial charge < -0.3 is 0 Å². The van der Waals surface area contributed by atoms with E-state index in [1.165, 1.54) is 0 Å². The van der Waals surface area contributed by atoms with Crippen molar-refractivity contribution in [2.24, 2.45) is 0 Å². The van der Waals surface area contributed by atoms with E-state index in [0.717, 1.165) is 5.56 Å². The van der Waals surface area contributed by atoms with Crippen molar-refractivity contribution in [2.75, 3.05) is 0 Å². The molecule has 1 atom stereocenters. The molecule has 0 fully saturated rings. The monoisotopic (exact) mass is 314 g/mol. The van der Waals surface area contributed by atoms with Gasteiger partial charge in [0.15, 0.2) is 11.6 Å². The van der Waals surface area contributed by atoms with E-state index in [4.69, 9.17) is 0 Å². The zero-order chi connectivity index (χ0) is 16.8. The highest BCUT2D eigenvalue weighted by molar-refractivity contribution is 6.06. The van der Waals surface area contributed by atoms with Gasteiger partial charge in [0.05, 0.1) is 5.92 Å². The maximum absolute atomic E-state index is 13.0. The third-order valence-corrected chi connectivity index (χ3v) is 4.06. The van der Waals surface area contributed by atoms with Gasteiger partial charge in [0.25, 0.3) is 0 Å². The number of carbonyl (C=O) groups excluding carboxylic acids is 2. The zero-order valence-corrected chi connectivity index (χ0v) is 13.3. The molecule has 3 aromatic carbocycles. The Hall–Kier alpha value is -3.00. The molecule has 0 bridgehead atoms. The van der Waals surface area contributed by atoms with Crippen molar-refractivity contribution < 1.29 is 9.59 Å². The lowest BCUT2D eigenvalue weighted by atomic mass is 9.85. The maximum atomic E-state index is 13.0. The summed E-state index contributed by atoms with van der Waals surface area (Å²) in [5, 5.41) is 0. The van der Waals surface area contributed by atoms with Crippen molar-refractivity contribution in [2.45, 2.75) is 12.3 Å². The van der Waals surface area contributed by atoms with E-state index in [9.17, 15) is 9.59 Å². The van der Waals surface area contributed by atoms with Gasteiger partial charge in [-0.05, 0) is 5.56 Å². The first-order chi connectivity index (χ1) is 11.8. The molecule has 0 aliphatic heterocycles. The number of rotatable bonds is 6.